The van der Waals surface area contributed by atoms with Gasteiger partial charge in [0.1, 0.15) is 0 Å². The van der Waals surface area contributed by atoms with Crippen LogP contribution in [0.3, 0.4) is 0 Å². The highest BCUT2D eigenvalue weighted by atomic mass is 14.1. The Hall–Kier alpha value is -3.38. The van der Waals surface area contributed by atoms with Crippen molar-refractivity contribution in [2.24, 2.45) is 0 Å². The van der Waals surface area contributed by atoms with Gasteiger partial charge in [-0.15, -0.1) is 0 Å². The van der Waals surface area contributed by atoms with E-state index >= 15 is 0 Å². The van der Waals surface area contributed by atoms with Crippen molar-refractivity contribution in [3.8, 4) is 0 Å². The third-order valence-corrected chi connectivity index (χ3v) is 6.38. The minimum Gasteiger partial charge on any atom is -0.0616 e. The lowest BCUT2D eigenvalue weighted by Crippen LogP contribution is -1.89. The van der Waals surface area contributed by atoms with Gasteiger partial charge in [0, 0.05) is 0 Å². The summed E-state index contributed by atoms with van der Waals surface area (Å²) < 4.78 is 0. The van der Waals surface area contributed by atoms with Crippen molar-refractivity contribution in [3.63, 3.8) is 0 Å². The molecule has 0 aliphatic rings. The Bertz CT molecular complexity index is 1570. The highest BCUT2D eigenvalue weighted by molar-refractivity contribution is 6.17. The van der Waals surface area contributed by atoms with E-state index in [1.54, 1.807) is 0 Å². The normalized spacial score (nSPS) is 11.9. The summed E-state index contributed by atoms with van der Waals surface area (Å²) in [4.78, 5) is 0. The Morgan fingerprint density at radius 1 is 0.357 bits per heavy atom. The zero-order valence-corrected chi connectivity index (χ0v) is 16.1. The second-order valence-electron chi connectivity index (χ2n) is 7.90. The van der Waals surface area contributed by atoms with Crippen molar-refractivity contribution < 1.29 is 0 Å². The molecule has 0 N–H and O–H groups in total. The van der Waals surface area contributed by atoms with Gasteiger partial charge in [0.05, 0.1) is 0 Å². The van der Waals surface area contributed by atoms with Gasteiger partial charge < -0.3 is 0 Å². The lowest BCUT2D eigenvalue weighted by molar-refractivity contribution is 1.53. The highest BCUT2D eigenvalue weighted by Gasteiger charge is 2.11. The molecule has 0 unspecified atom stereocenters. The molecule has 0 aromatic heterocycles. The van der Waals surface area contributed by atoms with Crippen molar-refractivity contribution in [1.29, 1.82) is 0 Å². The van der Waals surface area contributed by atoms with Crippen molar-refractivity contribution in [1.82, 2.24) is 0 Å². The van der Waals surface area contributed by atoms with Crippen molar-refractivity contribution >= 4 is 53.9 Å². The van der Waals surface area contributed by atoms with Gasteiger partial charge in [-0.05, 0) is 103 Å². The minimum atomic E-state index is 1.30. The summed E-state index contributed by atoms with van der Waals surface area (Å²) in [6.07, 6.45) is 0. The molecule has 0 aliphatic carbocycles. The first-order valence-electron chi connectivity index (χ1n) is 9.87. The summed E-state index contributed by atoms with van der Waals surface area (Å²) in [5.74, 6) is 0. The lowest BCUT2D eigenvalue weighted by Gasteiger charge is -2.14. The van der Waals surface area contributed by atoms with Gasteiger partial charge in [0.2, 0.25) is 0 Å². The summed E-state index contributed by atoms with van der Waals surface area (Å²) in [5, 5.41) is 13.3. The van der Waals surface area contributed by atoms with E-state index in [9.17, 15) is 0 Å². The molecule has 6 rings (SSSR count). The number of fused-ring (bicyclic) bond motifs is 6. The van der Waals surface area contributed by atoms with Crippen LogP contribution < -0.4 is 0 Å². The molecule has 0 fully saturated rings. The monoisotopic (exact) mass is 356 g/mol. The minimum absolute atomic E-state index is 1.30. The molecule has 6 aromatic carbocycles. The molecule has 0 heterocycles. The van der Waals surface area contributed by atoms with Crippen LogP contribution in [0, 0.1) is 13.8 Å². The van der Waals surface area contributed by atoms with E-state index in [2.05, 4.69) is 98.8 Å². The topological polar surface area (TPSA) is 0 Å². The van der Waals surface area contributed by atoms with Crippen LogP contribution in [0.4, 0.5) is 0 Å². The Morgan fingerprint density at radius 2 is 0.821 bits per heavy atom. The molecule has 0 aliphatic heterocycles. The second-order valence-corrected chi connectivity index (χ2v) is 7.90. The summed E-state index contributed by atoms with van der Waals surface area (Å²) in [7, 11) is 0. The smallest absolute Gasteiger partial charge is 0.00987 e. The number of hydrogen-bond donors (Lipinski definition) is 0. The number of aryl methyl sites for hydroxylation is 2. The molecule has 132 valence electrons. The van der Waals surface area contributed by atoms with E-state index in [-0.39, 0.29) is 0 Å². The summed E-state index contributed by atoms with van der Waals surface area (Å²) in [6, 6.07) is 31.4. The predicted molar refractivity (Wildman–Crippen MR) is 123 cm³/mol. The fourth-order valence-electron chi connectivity index (χ4n) is 4.84. The van der Waals surface area contributed by atoms with Crippen LogP contribution in [0.5, 0.6) is 0 Å². The van der Waals surface area contributed by atoms with Crippen LogP contribution in [0.25, 0.3) is 53.9 Å². The number of hydrogen-bond acceptors (Lipinski definition) is 0. The van der Waals surface area contributed by atoms with Crippen LogP contribution in [0.1, 0.15) is 11.1 Å². The average Bonchev–Trinajstić information content (AvgIpc) is 2.75. The van der Waals surface area contributed by atoms with Crippen LogP contribution in [-0.2, 0) is 0 Å². The molecule has 0 saturated heterocycles. The van der Waals surface area contributed by atoms with Gasteiger partial charge >= 0.3 is 0 Å². The van der Waals surface area contributed by atoms with E-state index < -0.39 is 0 Å². The van der Waals surface area contributed by atoms with Crippen molar-refractivity contribution in [2.75, 3.05) is 0 Å². The van der Waals surface area contributed by atoms with E-state index in [1.165, 1.54) is 65.0 Å². The fourth-order valence-corrected chi connectivity index (χ4v) is 4.84. The third kappa shape index (κ3) is 2.06. The van der Waals surface area contributed by atoms with Crippen molar-refractivity contribution in [3.05, 3.63) is 96.1 Å². The molecule has 0 nitrogen and oxygen atoms in total. The fraction of sp³-hybridized carbons (Fsp3) is 0.0714. The first kappa shape index (κ1) is 15.7. The predicted octanol–water partition coefficient (Wildman–Crippen LogP) is 8.07. The van der Waals surface area contributed by atoms with Gasteiger partial charge in [0.15, 0.2) is 0 Å². The summed E-state index contributed by atoms with van der Waals surface area (Å²) in [5.41, 5.74) is 2.74. The molecule has 0 amide bonds. The molecule has 0 saturated carbocycles. The Morgan fingerprint density at radius 3 is 1.50 bits per heavy atom. The number of benzene rings is 6. The van der Waals surface area contributed by atoms with Crippen LogP contribution in [-0.4, -0.2) is 0 Å². The van der Waals surface area contributed by atoms with Gasteiger partial charge in [-0.25, -0.2) is 0 Å². The van der Waals surface area contributed by atoms with Gasteiger partial charge in [-0.1, -0.05) is 60.7 Å². The standard InChI is InChI=1S/C28H20/c1-17-23-9-5-6-10-24(23)18(2)26-16-28-22(15-25(17)26)12-11-21-13-19-7-3-4-8-20(19)14-27(21)28/h3-16H,1-2H3. The zero-order valence-electron chi connectivity index (χ0n) is 16.1. The molecular weight excluding hydrogens is 336 g/mol. The van der Waals surface area contributed by atoms with E-state index in [0.29, 0.717) is 0 Å². The molecule has 28 heavy (non-hydrogen) atoms. The Labute approximate surface area is 164 Å². The first-order chi connectivity index (χ1) is 13.7. The third-order valence-electron chi connectivity index (χ3n) is 6.38. The molecule has 0 radical (unpaired) electrons. The quantitative estimate of drug-likeness (QED) is 0.191. The first-order valence-corrected chi connectivity index (χ1v) is 9.87. The van der Waals surface area contributed by atoms with Gasteiger partial charge in [0.25, 0.3) is 0 Å². The van der Waals surface area contributed by atoms with E-state index in [0.717, 1.165) is 0 Å². The Balaban J connectivity index is 1.83. The molecular formula is C28H20. The molecule has 0 bridgehead atoms. The van der Waals surface area contributed by atoms with Crippen LogP contribution in [0.15, 0.2) is 84.9 Å². The maximum atomic E-state index is 2.41. The van der Waals surface area contributed by atoms with Crippen LogP contribution in [0.2, 0.25) is 0 Å². The van der Waals surface area contributed by atoms with Gasteiger partial charge in [-0.3, -0.25) is 0 Å². The lowest BCUT2D eigenvalue weighted by atomic mass is 9.89. The second kappa shape index (κ2) is 5.56. The summed E-state index contributed by atoms with van der Waals surface area (Å²) in [6.45, 7) is 4.51. The molecule has 0 spiro atoms. The average molecular weight is 356 g/mol. The Kier molecular flexibility index (Phi) is 3.11. The van der Waals surface area contributed by atoms with E-state index in [1.807, 2.05) is 0 Å². The maximum absolute atomic E-state index is 2.41. The zero-order chi connectivity index (χ0) is 18.8. The summed E-state index contributed by atoms with van der Waals surface area (Å²) >= 11 is 0. The van der Waals surface area contributed by atoms with Gasteiger partial charge in [-0.2, -0.15) is 0 Å². The van der Waals surface area contributed by atoms with Crippen LogP contribution >= 0.6 is 0 Å². The highest BCUT2D eigenvalue weighted by Crippen LogP contribution is 2.37. The molecule has 0 atom stereocenters. The molecule has 0 heteroatoms. The maximum Gasteiger partial charge on any atom is -0.00987 e. The van der Waals surface area contributed by atoms with Crippen molar-refractivity contribution in [2.45, 2.75) is 13.8 Å². The molecule has 6 aromatic rings. The SMILES string of the molecule is Cc1c2ccccc2c(C)c2cc3c(ccc4cc5ccccc5cc43)cc12. The van der Waals surface area contributed by atoms with E-state index in [4.69, 9.17) is 0 Å². The number of rotatable bonds is 0. The largest absolute Gasteiger partial charge is 0.0616 e.